The lowest BCUT2D eigenvalue weighted by atomic mass is 10.1. The Balaban J connectivity index is 1.62. The predicted molar refractivity (Wildman–Crippen MR) is 108 cm³/mol. The van der Waals surface area contributed by atoms with Crippen LogP contribution in [0.5, 0.6) is 0 Å². The fourth-order valence-electron chi connectivity index (χ4n) is 3.32. The van der Waals surface area contributed by atoms with Gasteiger partial charge in [-0.25, -0.2) is 4.39 Å². The number of benzene rings is 2. The molecule has 28 heavy (non-hydrogen) atoms. The minimum atomic E-state index is -0.295. The lowest BCUT2D eigenvalue weighted by molar-refractivity contribution is -0.129. The van der Waals surface area contributed by atoms with Gasteiger partial charge < -0.3 is 4.90 Å². The van der Waals surface area contributed by atoms with Crippen molar-refractivity contribution >= 4 is 17.7 Å². The van der Waals surface area contributed by atoms with Gasteiger partial charge in [0.15, 0.2) is 11.0 Å². The molecule has 0 saturated carbocycles. The quantitative estimate of drug-likeness (QED) is 0.607. The molecule has 0 unspecified atom stereocenters. The average Bonchev–Trinajstić information content (AvgIpc) is 3.17. The molecule has 5 nitrogen and oxygen atoms in total. The molecule has 0 N–H and O–H groups in total. The van der Waals surface area contributed by atoms with E-state index in [1.165, 1.54) is 30.3 Å². The summed E-state index contributed by atoms with van der Waals surface area (Å²) in [5, 5.41) is 9.30. The van der Waals surface area contributed by atoms with E-state index >= 15 is 0 Å². The van der Waals surface area contributed by atoms with Gasteiger partial charge in [0.1, 0.15) is 5.82 Å². The molecule has 1 aromatic heterocycles. The van der Waals surface area contributed by atoms with Gasteiger partial charge in [-0.15, -0.1) is 10.2 Å². The topological polar surface area (TPSA) is 51.0 Å². The van der Waals surface area contributed by atoms with E-state index in [0.717, 1.165) is 37.2 Å². The van der Waals surface area contributed by atoms with E-state index in [1.54, 1.807) is 12.1 Å². The van der Waals surface area contributed by atoms with Crippen LogP contribution in [0.1, 0.15) is 19.3 Å². The number of aromatic nitrogens is 3. The zero-order valence-electron chi connectivity index (χ0n) is 15.4. The van der Waals surface area contributed by atoms with Crippen molar-refractivity contribution in [2.24, 2.45) is 0 Å². The Hall–Kier alpha value is -2.67. The molecule has 0 aliphatic carbocycles. The van der Waals surface area contributed by atoms with E-state index < -0.39 is 0 Å². The summed E-state index contributed by atoms with van der Waals surface area (Å²) in [6.07, 6.45) is 3.34. The van der Waals surface area contributed by atoms with Crippen LogP contribution >= 0.6 is 11.8 Å². The Bertz CT molecular complexity index is 937. The van der Waals surface area contributed by atoms with Crippen LogP contribution in [0.15, 0.2) is 59.8 Å². The molecule has 2 heterocycles. The number of carbonyl (C=O) groups excluding carboxylic acids is 1. The molecule has 1 aliphatic heterocycles. The molecule has 0 bridgehead atoms. The second kappa shape index (κ2) is 8.56. The van der Waals surface area contributed by atoms with Crippen LogP contribution in [0.25, 0.3) is 17.1 Å². The van der Waals surface area contributed by atoms with Gasteiger partial charge in [0.25, 0.3) is 0 Å². The lowest BCUT2D eigenvalue weighted by Crippen LogP contribution is -2.36. The van der Waals surface area contributed by atoms with Gasteiger partial charge in [-0.05, 0) is 55.7 Å². The van der Waals surface area contributed by atoms with Crippen molar-refractivity contribution in [3.05, 3.63) is 60.4 Å². The second-order valence-electron chi connectivity index (χ2n) is 6.71. The first-order valence-corrected chi connectivity index (χ1v) is 10.4. The molecule has 7 heteroatoms. The number of hydrogen-bond acceptors (Lipinski definition) is 4. The Morgan fingerprint density at radius 3 is 2.39 bits per heavy atom. The molecule has 0 spiro atoms. The SMILES string of the molecule is O=C(CSc1nnc(-c2ccc(F)cc2)n1-c1ccccc1)N1CCCCC1. The summed E-state index contributed by atoms with van der Waals surface area (Å²) in [6.45, 7) is 1.68. The number of amides is 1. The molecule has 0 atom stereocenters. The largest absolute Gasteiger partial charge is 0.342 e. The normalized spacial score (nSPS) is 14.2. The minimum Gasteiger partial charge on any atom is -0.342 e. The zero-order valence-corrected chi connectivity index (χ0v) is 16.2. The van der Waals surface area contributed by atoms with Crippen molar-refractivity contribution in [3.63, 3.8) is 0 Å². The molecule has 1 fully saturated rings. The van der Waals surface area contributed by atoms with Crippen molar-refractivity contribution in [3.8, 4) is 17.1 Å². The van der Waals surface area contributed by atoms with E-state index in [9.17, 15) is 9.18 Å². The summed E-state index contributed by atoms with van der Waals surface area (Å²) in [5.41, 5.74) is 1.67. The molecule has 1 amide bonds. The average molecular weight is 396 g/mol. The minimum absolute atomic E-state index is 0.135. The number of hydrogen-bond donors (Lipinski definition) is 0. The van der Waals surface area contributed by atoms with Gasteiger partial charge >= 0.3 is 0 Å². The van der Waals surface area contributed by atoms with Gasteiger partial charge in [0.2, 0.25) is 5.91 Å². The molecule has 2 aromatic carbocycles. The highest BCUT2D eigenvalue weighted by molar-refractivity contribution is 7.99. The molecule has 1 saturated heterocycles. The maximum atomic E-state index is 13.3. The third-order valence-electron chi connectivity index (χ3n) is 4.78. The maximum absolute atomic E-state index is 13.3. The molecule has 4 rings (SSSR count). The molecule has 3 aromatic rings. The fourth-order valence-corrected chi connectivity index (χ4v) is 4.17. The van der Waals surface area contributed by atoms with Crippen LogP contribution in [0, 0.1) is 5.82 Å². The second-order valence-corrected chi connectivity index (χ2v) is 7.66. The summed E-state index contributed by atoms with van der Waals surface area (Å²) in [7, 11) is 0. The number of piperidine rings is 1. The number of halogens is 1. The molecule has 1 aliphatic rings. The van der Waals surface area contributed by atoms with Crippen LogP contribution in [-0.4, -0.2) is 44.4 Å². The molecular weight excluding hydrogens is 375 g/mol. The van der Waals surface area contributed by atoms with E-state index in [4.69, 9.17) is 0 Å². The Morgan fingerprint density at radius 1 is 0.964 bits per heavy atom. The van der Waals surface area contributed by atoms with Crippen molar-refractivity contribution < 1.29 is 9.18 Å². The highest BCUT2D eigenvalue weighted by atomic mass is 32.2. The smallest absolute Gasteiger partial charge is 0.233 e. The third-order valence-corrected chi connectivity index (χ3v) is 5.70. The number of likely N-dealkylation sites (tertiary alicyclic amines) is 1. The number of rotatable bonds is 5. The van der Waals surface area contributed by atoms with Crippen molar-refractivity contribution in [2.45, 2.75) is 24.4 Å². The number of thioether (sulfide) groups is 1. The summed E-state index contributed by atoms with van der Waals surface area (Å²) in [6, 6.07) is 15.9. The summed E-state index contributed by atoms with van der Waals surface area (Å²) < 4.78 is 15.2. The molecule has 0 radical (unpaired) electrons. The Labute approximate surface area is 167 Å². The van der Waals surface area contributed by atoms with Crippen molar-refractivity contribution in [1.29, 1.82) is 0 Å². The highest BCUT2D eigenvalue weighted by Gasteiger charge is 2.20. The Kier molecular flexibility index (Phi) is 5.71. The summed E-state index contributed by atoms with van der Waals surface area (Å²) in [5.74, 6) is 0.792. The van der Waals surface area contributed by atoms with Crippen LogP contribution in [0.3, 0.4) is 0 Å². The van der Waals surface area contributed by atoms with Crippen LogP contribution in [0.4, 0.5) is 4.39 Å². The summed E-state index contributed by atoms with van der Waals surface area (Å²) in [4.78, 5) is 14.5. The van der Waals surface area contributed by atoms with E-state index in [2.05, 4.69) is 10.2 Å². The first-order chi connectivity index (χ1) is 13.7. The Morgan fingerprint density at radius 2 is 1.68 bits per heavy atom. The number of nitrogens with zero attached hydrogens (tertiary/aromatic N) is 4. The molecular formula is C21H21FN4OS. The highest BCUT2D eigenvalue weighted by Crippen LogP contribution is 2.28. The van der Waals surface area contributed by atoms with Crippen LogP contribution in [0.2, 0.25) is 0 Å². The van der Waals surface area contributed by atoms with Gasteiger partial charge in [-0.1, -0.05) is 30.0 Å². The van der Waals surface area contributed by atoms with Gasteiger partial charge in [-0.3, -0.25) is 9.36 Å². The van der Waals surface area contributed by atoms with E-state index in [-0.39, 0.29) is 11.7 Å². The first-order valence-electron chi connectivity index (χ1n) is 9.40. The maximum Gasteiger partial charge on any atom is 0.233 e. The summed E-state index contributed by atoms with van der Waals surface area (Å²) >= 11 is 1.39. The van der Waals surface area contributed by atoms with Gasteiger partial charge in [0, 0.05) is 24.3 Å². The van der Waals surface area contributed by atoms with Crippen molar-refractivity contribution in [2.75, 3.05) is 18.8 Å². The van der Waals surface area contributed by atoms with Gasteiger partial charge in [0.05, 0.1) is 5.75 Å². The van der Waals surface area contributed by atoms with Gasteiger partial charge in [-0.2, -0.15) is 0 Å². The van der Waals surface area contributed by atoms with Crippen molar-refractivity contribution in [1.82, 2.24) is 19.7 Å². The molecule has 144 valence electrons. The number of para-hydroxylation sites is 1. The standard InChI is InChI=1S/C21H21FN4OS/c22-17-11-9-16(10-12-17)20-23-24-21(26(20)18-7-3-1-4-8-18)28-15-19(27)25-13-5-2-6-14-25/h1,3-4,7-12H,2,5-6,13-15H2. The number of carbonyl (C=O) groups is 1. The first kappa shape index (κ1) is 18.7. The third kappa shape index (κ3) is 4.09. The van der Waals surface area contributed by atoms with E-state index in [0.29, 0.717) is 16.7 Å². The zero-order chi connectivity index (χ0) is 19.3. The van der Waals surface area contributed by atoms with Crippen LogP contribution < -0.4 is 0 Å². The fraction of sp³-hybridized carbons (Fsp3) is 0.286. The predicted octanol–water partition coefficient (Wildman–Crippen LogP) is 4.18. The van der Waals surface area contributed by atoms with E-state index in [1.807, 2.05) is 39.8 Å². The monoisotopic (exact) mass is 396 g/mol. The van der Waals surface area contributed by atoms with Crippen LogP contribution in [-0.2, 0) is 4.79 Å². The lowest BCUT2D eigenvalue weighted by Gasteiger charge is -2.26.